The van der Waals surface area contributed by atoms with Crippen molar-refractivity contribution in [2.24, 2.45) is 0 Å². The zero-order chi connectivity index (χ0) is 12.5. The molecular formula is C14H16NO2. The average Bonchev–Trinajstić information content (AvgIpc) is 2.26. The zero-order valence-electron chi connectivity index (χ0n) is 10.4. The number of ether oxygens (including phenoxy) is 1. The summed E-state index contributed by atoms with van der Waals surface area (Å²) in [6.45, 7) is 5.55. The third-order valence-corrected chi connectivity index (χ3v) is 2.35. The van der Waals surface area contributed by atoms with Crippen molar-refractivity contribution in [1.82, 2.24) is 0 Å². The summed E-state index contributed by atoms with van der Waals surface area (Å²) in [7, 11) is 0. The largest absolute Gasteiger partial charge is 0.443 e. The lowest BCUT2D eigenvalue weighted by molar-refractivity contribution is 0.0593. The average molecular weight is 230 g/mol. The molecule has 0 bridgehead atoms. The summed E-state index contributed by atoms with van der Waals surface area (Å²) < 4.78 is 5.34. The Balaban J connectivity index is 2.25. The molecule has 3 heteroatoms. The van der Waals surface area contributed by atoms with Crippen molar-refractivity contribution in [3.8, 4) is 0 Å². The Bertz CT molecular complexity index is 458. The summed E-state index contributed by atoms with van der Waals surface area (Å²) >= 11 is 0. The number of hydrogen-bond acceptors (Lipinski definition) is 2. The van der Waals surface area contributed by atoms with Gasteiger partial charge in [0.2, 0.25) is 0 Å². The quantitative estimate of drug-likeness (QED) is 0.684. The molecule has 0 atom stereocenters. The summed E-state index contributed by atoms with van der Waals surface area (Å²) in [5, 5.41) is 0. The first-order valence-electron chi connectivity index (χ1n) is 5.66. The summed E-state index contributed by atoms with van der Waals surface area (Å²) in [4.78, 5) is 13.4. The predicted molar refractivity (Wildman–Crippen MR) is 66.7 cm³/mol. The number of hydrogen-bond donors (Lipinski definition) is 0. The van der Waals surface area contributed by atoms with Gasteiger partial charge in [0, 0.05) is 0 Å². The Morgan fingerprint density at radius 1 is 1.35 bits per heavy atom. The molecule has 3 nitrogen and oxygen atoms in total. The van der Waals surface area contributed by atoms with E-state index in [1.807, 2.05) is 51.1 Å². The minimum atomic E-state index is -0.495. The van der Waals surface area contributed by atoms with E-state index < -0.39 is 5.60 Å². The SMILES string of the molecule is CC(C)(C)OC(=O)N1[C]=CCc2ccccc21. The smallest absolute Gasteiger partial charge is 0.419 e. The van der Waals surface area contributed by atoms with Gasteiger partial charge in [-0.3, -0.25) is 0 Å². The van der Waals surface area contributed by atoms with E-state index in [0.29, 0.717) is 0 Å². The summed E-state index contributed by atoms with van der Waals surface area (Å²) in [5.74, 6) is 0. The van der Waals surface area contributed by atoms with E-state index in [0.717, 1.165) is 17.7 Å². The van der Waals surface area contributed by atoms with Gasteiger partial charge in [0.15, 0.2) is 0 Å². The molecule has 0 fully saturated rings. The summed E-state index contributed by atoms with van der Waals surface area (Å²) in [5.41, 5.74) is 1.46. The number of rotatable bonds is 0. The Labute approximate surface area is 102 Å². The standard InChI is InChI=1S/C14H16NO2/c1-14(2,3)17-13(16)15-10-6-8-11-7-4-5-9-12(11)15/h4-7,9H,8H2,1-3H3. The lowest BCUT2D eigenvalue weighted by atomic mass is 10.1. The molecule has 1 aromatic carbocycles. The molecule has 2 rings (SSSR count). The van der Waals surface area contributed by atoms with Crippen molar-refractivity contribution in [1.29, 1.82) is 0 Å². The fraction of sp³-hybridized carbons (Fsp3) is 0.357. The van der Waals surface area contributed by atoms with E-state index in [1.54, 1.807) is 0 Å². The van der Waals surface area contributed by atoms with Crippen LogP contribution in [0.2, 0.25) is 0 Å². The maximum atomic E-state index is 12.0. The Kier molecular flexibility index (Phi) is 2.92. The second kappa shape index (κ2) is 4.24. The number of amides is 1. The van der Waals surface area contributed by atoms with Gasteiger partial charge >= 0.3 is 6.09 Å². The van der Waals surface area contributed by atoms with Crippen LogP contribution in [0.25, 0.3) is 0 Å². The van der Waals surface area contributed by atoms with Crippen molar-refractivity contribution in [2.75, 3.05) is 4.90 Å². The first-order chi connectivity index (χ1) is 7.97. The summed E-state index contributed by atoms with van der Waals surface area (Å²) in [6, 6.07) is 7.78. The van der Waals surface area contributed by atoms with E-state index in [9.17, 15) is 4.79 Å². The van der Waals surface area contributed by atoms with Crippen LogP contribution in [0.5, 0.6) is 0 Å². The molecule has 17 heavy (non-hydrogen) atoms. The van der Waals surface area contributed by atoms with Crippen LogP contribution in [0.3, 0.4) is 0 Å². The molecule has 0 aromatic heterocycles. The number of allylic oxidation sites excluding steroid dienone is 1. The first-order valence-corrected chi connectivity index (χ1v) is 5.66. The lowest BCUT2D eigenvalue weighted by Gasteiger charge is -2.27. The van der Waals surface area contributed by atoms with E-state index in [4.69, 9.17) is 4.74 Å². The van der Waals surface area contributed by atoms with Crippen LogP contribution in [0.4, 0.5) is 10.5 Å². The van der Waals surface area contributed by atoms with Gasteiger partial charge in [-0.15, -0.1) is 0 Å². The highest BCUT2D eigenvalue weighted by atomic mass is 16.6. The fourth-order valence-corrected chi connectivity index (χ4v) is 1.68. The molecule has 0 saturated carbocycles. The highest BCUT2D eigenvalue weighted by Crippen LogP contribution is 2.26. The van der Waals surface area contributed by atoms with Gasteiger partial charge in [0.25, 0.3) is 0 Å². The van der Waals surface area contributed by atoms with Crippen LogP contribution in [0.15, 0.2) is 30.3 Å². The van der Waals surface area contributed by atoms with Gasteiger partial charge in [0.1, 0.15) is 5.60 Å². The van der Waals surface area contributed by atoms with E-state index in [-0.39, 0.29) is 6.09 Å². The molecule has 1 aliphatic heterocycles. The molecule has 1 radical (unpaired) electrons. The van der Waals surface area contributed by atoms with Gasteiger partial charge in [0.05, 0.1) is 11.9 Å². The molecule has 89 valence electrons. The normalized spacial score (nSPS) is 14.4. The molecule has 0 saturated heterocycles. The van der Waals surface area contributed by atoms with Crippen molar-refractivity contribution < 1.29 is 9.53 Å². The molecule has 1 amide bonds. The van der Waals surface area contributed by atoms with Gasteiger partial charge in [-0.2, -0.15) is 0 Å². The minimum absolute atomic E-state index is 0.388. The van der Waals surface area contributed by atoms with Crippen molar-refractivity contribution in [3.05, 3.63) is 42.1 Å². The van der Waals surface area contributed by atoms with E-state index in [2.05, 4.69) is 6.20 Å². The number of carbonyl (C=O) groups is 1. The highest BCUT2D eigenvalue weighted by Gasteiger charge is 2.25. The van der Waals surface area contributed by atoms with Crippen molar-refractivity contribution in [3.63, 3.8) is 0 Å². The van der Waals surface area contributed by atoms with Crippen molar-refractivity contribution >= 4 is 11.8 Å². The molecule has 0 aliphatic carbocycles. The number of para-hydroxylation sites is 1. The third kappa shape index (κ3) is 2.67. The number of carbonyl (C=O) groups excluding carboxylic acids is 1. The van der Waals surface area contributed by atoms with Crippen LogP contribution >= 0.6 is 0 Å². The molecule has 0 N–H and O–H groups in total. The van der Waals surface area contributed by atoms with Crippen LogP contribution in [0.1, 0.15) is 26.3 Å². The second-order valence-electron chi connectivity index (χ2n) is 4.98. The van der Waals surface area contributed by atoms with E-state index >= 15 is 0 Å². The molecule has 0 unspecified atom stereocenters. The van der Waals surface area contributed by atoms with Gasteiger partial charge < -0.3 is 4.74 Å². The Hall–Kier alpha value is -1.77. The first kappa shape index (κ1) is 11.7. The maximum Gasteiger partial charge on any atom is 0.419 e. The molecule has 1 aromatic rings. The fourth-order valence-electron chi connectivity index (χ4n) is 1.68. The van der Waals surface area contributed by atoms with Gasteiger partial charge in [-0.25, -0.2) is 9.69 Å². The summed E-state index contributed by atoms with van der Waals surface area (Å²) in [6.07, 6.45) is 5.18. The topological polar surface area (TPSA) is 29.5 Å². The van der Waals surface area contributed by atoms with Crippen LogP contribution in [0, 0.1) is 6.20 Å². The predicted octanol–water partition coefficient (Wildman–Crippen LogP) is 3.30. The minimum Gasteiger partial charge on any atom is -0.443 e. The lowest BCUT2D eigenvalue weighted by Crippen LogP contribution is -2.35. The van der Waals surface area contributed by atoms with Crippen LogP contribution < -0.4 is 4.90 Å². The highest BCUT2D eigenvalue weighted by molar-refractivity contribution is 5.90. The monoisotopic (exact) mass is 230 g/mol. The Morgan fingerprint density at radius 2 is 2.06 bits per heavy atom. The maximum absolute atomic E-state index is 12.0. The number of anilines is 1. The molecule has 0 spiro atoms. The third-order valence-electron chi connectivity index (χ3n) is 2.35. The zero-order valence-corrected chi connectivity index (χ0v) is 10.4. The van der Waals surface area contributed by atoms with Crippen LogP contribution in [-0.4, -0.2) is 11.7 Å². The number of fused-ring (bicyclic) bond motifs is 1. The number of nitrogens with zero attached hydrogens (tertiary/aromatic N) is 1. The van der Waals surface area contributed by atoms with Gasteiger partial charge in [-0.1, -0.05) is 24.3 Å². The Morgan fingerprint density at radius 3 is 2.76 bits per heavy atom. The molecule has 1 aliphatic rings. The molecular weight excluding hydrogens is 214 g/mol. The van der Waals surface area contributed by atoms with E-state index in [1.165, 1.54) is 4.90 Å². The number of benzene rings is 1. The molecule has 1 heterocycles. The van der Waals surface area contributed by atoms with Gasteiger partial charge in [-0.05, 0) is 38.8 Å². The van der Waals surface area contributed by atoms with Crippen molar-refractivity contribution in [2.45, 2.75) is 32.8 Å². The second-order valence-corrected chi connectivity index (χ2v) is 4.98. The van der Waals surface area contributed by atoms with Crippen LogP contribution in [-0.2, 0) is 11.2 Å².